The Hall–Kier alpha value is -2.19. The monoisotopic (exact) mass is 450 g/mol. The molecule has 8 nitrogen and oxygen atoms in total. The summed E-state index contributed by atoms with van der Waals surface area (Å²) >= 11 is 0. The number of carbonyl (C=O) groups is 3. The van der Waals surface area contributed by atoms with Gasteiger partial charge in [0.2, 0.25) is 0 Å². The average molecular weight is 451 g/mol. The Balaban J connectivity index is 2.07. The minimum absolute atomic E-state index is 0.142. The molecular weight excluding hydrogens is 416 g/mol. The van der Waals surface area contributed by atoms with Crippen molar-refractivity contribution in [2.24, 2.45) is 22.7 Å². The number of rotatable bonds is 6. The van der Waals surface area contributed by atoms with E-state index in [1.54, 1.807) is 26.4 Å². The predicted molar refractivity (Wildman–Crippen MR) is 113 cm³/mol. The van der Waals surface area contributed by atoms with Crippen LogP contribution in [0, 0.1) is 22.7 Å². The maximum Gasteiger partial charge on any atom is 0.302 e. The van der Waals surface area contributed by atoms with Crippen molar-refractivity contribution < 1.29 is 38.5 Å². The van der Waals surface area contributed by atoms with Crippen molar-refractivity contribution in [3.05, 3.63) is 24.2 Å². The molecule has 1 heterocycles. The van der Waals surface area contributed by atoms with Crippen molar-refractivity contribution in [2.75, 3.05) is 6.61 Å². The van der Waals surface area contributed by atoms with Gasteiger partial charge < -0.3 is 24.1 Å². The van der Waals surface area contributed by atoms with Gasteiger partial charge in [-0.15, -0.1) is 0 Å². The van der Waals surface area contributed by atoms with Gasteiger partial charge in [-0.05, 0) is 37.3 Å². The summed E-state index contributed by atoms with van der Waals surface area (Å²) in [5.74, 6) is -3.05. The molecule has 2 aliphatic carbocycles. The molecule has 2 fully saturated rings. The SMILES string of the molecule is CC(=O)OC[C@@]1(C)[C@@H](OC(C)=O)CC[C@@]2(C)[C@H]1[C@H](O)C(=O)[C@@H](C)[C@]2(O)CCc1ccoc1. The number of furan rings is 1. The Morgan fingerprint density at radius 2 is 1.94 bits per heavy atom. The second-order valence-corrected chi connectivity index (χ2v) is 9.94. The molecule has 0 aliphatic heterocycles. The van der Waals surface area contributed by atoms with Gasteiger partial charge in [-0.25, -0.2) is 0 Å². The molecule has 8 heteroatoms. The van der Waals surface area contributed by atoms with E-state index in [0.29, 0.717) is 25.7 Å². The molecule has 2 aliphatic rings. The molecule has 178 valence electrons. The highest BCUT2D eigenvalue weighted by molar-refractivity contribution is 5.88. The summed E-state index contributed by atoms with van der Waals surface area (Å²) in [7, 11) is 0. The van der Waals surface area contributed by atoms with E-state index < -0.39 is 58.2 Å². The van der Waals surface area contributed by atoms with Crippen molar-refractivity contribution in [1.82, 2.24) is 0 Å². The Morgan fingerprint density at radius 1 is 1.25 bits per heavy atom. The van der Waals surface area contributed by atoms with Gasteiger partial charge in [0.1, 0.15) is 18.8 Å². The second-order valence-electron chi connectivity index (χ2n) is 9.94. The van der Waals surface area contributed by atoms with Gasteiger partial charge in [0.25, 0.3) is 0 Å². The third-order valence-electron chi connectivity index (χ3n) is 8.07. The van der Waals surface area contributed by atoms with E-state index in [1.807, 2.05) is 13.0 Å². The molecule has 7 atom stereocenters. The summed E-state index contributed by atoms with van der Waals surface area (Å²) in [6, 6.07) is 1.82. The van der Waals surface area contributed by atoms with Crippen LogP contribution in [-0.2, 0) is 30.3 Å². The lowest BCUT2D eigenvalue weighted by Gasteiger charge is -2.65. The van der Waals surface area contributed by atoms with Gasteiger partial charge in [-0.1, -0.05) is 20.8 Å². The van der Waals surface area contributed by atoms with Crippen LogP contribution in [-0.4, -0.2) is 52.4 Å². The third-order valence-corrected chi connectivity index (χ3v) is 8.07. The molecule has 0 spiro atoms. The number of ketones is 1. The minimum Gasteiger partial charge on any atom is -0.472 e. The van der Waals surface area contributed by atoms with Crippen LogP contribution in [0.5, 0.6) is 0 Å². The van der Waals surface area contributed by atoms with Gasteiger partial charge in [0.15, 0.2) is 5.78 Å². The third kappa shape index (κ3) is 3.88. The maximum atomic E-state index is 13.2. The summed E-state index contributed by atoms with van der Waals surface area (Å²) < 4.78 is 16.1. The fourth-order valence-corrected chi connectivity index (χ4v) is 6.29. The highest BCUT2D eigenvalue weighted by atomic mass is 16.6. The number of aryl methyl sites for hydroxylation is 1. The van der Waals surface area contributed by atoms with Crippen LogP contribution in [0.1, 0.15) is 59.4 Å². The maximum absolute atomic E-state index is 13.2. The predicted octanol–water partition coefficient (Wildman–Crippen LogP) is 2.44. The van der Waals surface area contributed by atoms with Crippen LogP contribution < -0.4 is 0 Å². The molecular formula is C24H34O8. The van der Waals surface area contributed by atoms with E-state index in [1.165, 1.54) is 13.8 Å². The average Bonchev–Trinajstić information content (AvgIpc) is 3.24. The van der Waals surface area contributed by atoms with Crippen LogP contribution >= 0.6 is 0 Å². The van der Waals surface area contributed by atoms with Crippen molar-refractivity contribution in [3.8, 4) is 0 Å². The molecule has 0 amide bonds. The Morgan fingerprint density at radius 3 is 2.50 bits per heavy atom. The molecule has 0 aromatic carbocycles. The van der Waals surface area contributed by atoms with E-state index in [-0.39, 0.29) is 6.61 Å². The summed E-state index contributed by atoms with van der Waals surface area (Å²) in [4.78, 5) is 36.7. The van der Waals surface area contributed by atoms with Crippen LogP contribution in [0.4, 0.5) is 0 Å². The zero-order valence-electron chi connectivity index (χ0n) is 19.4. The molecule has 0 unspecified atom stereocenters. The fourth-order valence-electron chi connectivity index (χ4n) is 6.29. The lowest BCUT2D eigenvalue weighted by Crippen LogP contribution is -2.73. The molecule has 0 radical (unpaired) electrons. The van der Waals surface area contributed by atoms with Gasteiger partial charge in [0, 0.05) is 36.5 Å². The van der Waals surface area contributed by atoms with Crippen LogP contribution in [0.2, 0.25) is 0 Å². The molecule has 32 heavy (non-hydrogen) atoms. The molecule has 0 saturated heterocycles. The first-order valence-electron chi connectivity index (χ1n) is 11.1. The van der Waals surface area contributed by atoms with Gasteiger partial charge in [0.05, 0.1) is 18.1 Å². The number of fused-ring (bicyclic) bond motifs is 1. The smallest absolute Gasteiger partial charge is 0.302 e. The summed E-state index contributed by atoms with van der Waals surface area (Å²) in [6.07, 6.45) is 2.74. The molecule has 1 aromatic heterocycles. The largest absolute Gasteiger partial charge is 0.472 e. The topological polar surface area (TPSA) is 123 Å². The van der Waals surface area contributed by atoms with E-state index in [2.05, 4.69) is 0 Å². The van der Waals surface area contributed by atoms with Crippen LogP contribution in [0.3, 0.4) is 0 Å². The van der Waals surface area contributed by atoms with Crippen molar-refractivity contribution in [1.29, 1.82) is 0 Å². The van der Waals surface area contributed by atoms with Gasteiger partial charge >= 0.3 is 11.9 Å². The van der Waals surface area contributed by atoms with E-state index in [9.17, 15) is 24.6 Å². The summed E-state index contributed by atoms with van der Waals surface area (Å²) in [5.41, 5.74) is -2.48. The molecule has 2 saturated carbocycles. The molecule has 3 rings (SSSR count). The Kier molecular flexibility index (Phi) is 6.60. The Labute approximate surface area is 188 Å². The number of aliphatic hydroxyl groups is 2. The van der Waals surface area contributed by atoms with Gasteiger partial charge in [-0.2, -0.15) is 0 Å². The van der Waals surface area contributed by atoms with Crippen molar-refractivity contribution in [3.63, 3.8) is 0 Å². The first kappa shape index (κ1) is 24.5. The lowest BCUT2D eigenvalue weighted by molar-refractivity contribution is -0.262. The number of hydrogen-bond acceptors (Lipinski definition) is 8. The second kappa shape index (κ2) is 8.63. The lowest BCUT2D eigenvalue weighted by atomic mass is 9.42. The zero-order chi connectivity index (χ0) is 23.9. The number of Topliss-reactive ketones (excluding diaryl/α,β-unsaturated/α-hetero) is 1. The van der Waals surface area contributed by atoms with Crippen LogP contribution in [0.15, 0.2) is 23.0 Å². The highest BCUT2D eigenvalue weighted by Crippen LogP contribution is 2.63. The first-order chi connectivity index (χ1) is 14.9. The number of esters is 2. The highest BCUT2D eigenvalue weighted by Gasteiger charge is 2.70. The Bertz CT molecular complexity index is 863. The summed E-state index contributed by atoms with van der Waals surface area (Å²) in [5, 5.41) is 23.3. The molecule has 0 bridgehead atoms. The normalized spacial score (nSPS) is 39.3. The van der Waals surface area contributed by atoms with E-state index in [4.69, 9.17) is 13.9 Å². The number of ether oxygens (including phenoxy) is 2. The zero-order valence-corrected chi connectivity index (χ0v) is 19.4. The number of carbonyl (C=O) groups excluding carboxylic acids is 3. The van der Waals surface area contributed by atoms with Crippen LogP contribution in [0.25, 0.3) is 0 Å². The minimum atomic E-state index is -1.43. The first-order valence-corrected chi connectivity index (χ1v) is 11.1. The number of hydrogen-bond donors (Lipinski definition) is 2. The molecule has 1 aromatic rings. The fraction of sp³-hybridized carbons (Fsp3) is 0.708. The summed E-state index contributed by atoms with van der Waals surface area (Å²) in [6.45, 7) is 7.73. The van der Waals surface area contributed by atoms with Crippen molar-refractivity contribution >= 4 is 17.7 Å². The van der Waals surface area contributed by atoms with Gasteiger partial charge in [-0.3, -0.25) is 14.4 Å². The number of aliphatic hydroxyl groups excluding tert-OH is 1. The molecule has 2 N–H and O–H groups in total. The standard InChI is InChI=1S/C24H34O8/c1-14-19(27)20(28)21-22(4,13-31-15(2)25)18(32-16(3)26)7-9-23(21,5)24(14,29)10-6-17-8-11-30-12-17/h8,11-12,14,18,20-21,28-29H,6-7,9-10,13H2,1-5H3/t14-,18+,20-,21+,22+,23+,24-/m1/s1. The van der Waals surface area contributed by atoms with E-state index >= 15 is 0 Å². The van der Waals surface area contributed by atoms with Crippen molar-refractivity contribution in [2.45, 2.75) is 78.1 Å². The van der Waals surface area contributed by atoms with E-state index in [0.717, 1.165) is 5.56 Å². The quantitative estimate of drug-likeness (QED) is 0.634.